The molecule has 0 saturated carbocycles. The van der Waals surface area contributed by atoms with Gasteiger partial charge in [-0.1, -0.05) is 29.8 Å². The van der Waals surface area contributed by atoms with E-state index in [-0.39, 0.29) is 0 Å². The quantitative estimate of drug-likeness (QED) is 0.818. The third-order valence-corrected chi connectivity index (χ3v) is 3.46. The maximum atomic E-state index is 4.56. The zero-order chi connectivity index (χ0) is 15.1. The van der Waals surface area contributed by atoms with Gasteiger partial charge in [-0.15, -0.1) is 5.10 Å². The van der Waals surface area contributed by atoms with Crippen LogP contribution in [0.5, 0.6) is 0 Å². The van der Waals surface area contributed by atoms with Crippen molar-refractivity contribution >= 4 is 33.4 Å². The molecule has 5 nitrogen and oxygen atoms in total. The van der Waals surface area contributed by atoms with Crippen molar-refractivity contribution in [1.29, 1.82) is 0 Å². The van der Waals surface area contributed by atoms with Crippen LogP contribution in [-0.2, 0) is 0 Å². The molecular weight excluding hydrogens is 330 g/mol. The lowest BCUT2D eigenvalue weighted by molar-refractivity contribution is 0.711. The van der Waals surface area contributed by atoms with Crippen LogP contribution in [-0.4, -0.2) is 28.3 Å². The largest absolute Gasteiger partial charge is 0.339 e. The van der Waals surface area contributed by atoms with Crippen molar-refractivity contribution in [3.8, 4) is 0 Å². The Morgan fingerprint density at radius 2 is 1.76 bits per heavy atom. The molecule has 21 heavy (non-hydrogen) atoms. The van der Waals surface area contributed by atoms with Gasteiger partial charge in [-0.25, -0.2) is 0 Å². The molecule has 1 aromatic heterocycles. The summed E-state index contributed by atoms with van der Waals surface area (Å²) in [5.74, 6) is 1.39. The SMILES string of the molecule is CCCN(CCC)c1nncc(Nc2ccc(Br)cc2)n1. The summed E-state index contributed by atoms with van der Waals surface area (Å²) in [4.78, 5) is 6.72. The molecule has 1 N–H and O–H groups in total. The first kappa shape index (κ1) is 15.7. The highest BCUT2D eigenvalue weighted by Gasteiger charge is 2.09. The number of nitrogens with zero attached hydrogens (tertiary/aromatic N) is 4. The fourth-order valence-corrected chi connectivity index (χ4v) is 2.29. The van der Waals surface area contributed by atoms with Crippen LogP contribution < -0.4 is 10.2 Å². The molecule has 0 spiro atoms. The molecule has 112 valence electrons. The van der Waals surface area contributed by atoms with E-state index in [2.05, 4.69) is 55.2 Å². The van der Waals surface area contributed by atoms with Gasteiger partial charge in [0.05, 0.1) is 6.20 Å². The number of aromatic nitrogens is 3. The molecule has 0 atom stereocenters. The smallest absolute Gasteiger partial charge is 0.247 e. The van der Waals surface area contributed by atoms with Gasteiger partial charge in [0.2, 0.25) is 5.95 Å². The Labute approximate surface area is 133 Å². The van der Waals surface area contributed by atoms with Crippen molar-refractivity contribution in [2.24, 2.45) is 0 Å². The third kappa shape index (κ3) is 4.67. The van der Waals surface area contributed by atoms with Gasteiger partial charge in [0.15, 0.2) is 5.82 Å². The highest BCUT2D eigenvalue weighted by Crippen LogP contribution is 2.18. The highest BCUT2D eigenvalue weighted by atomic mass is 79.9. The second-order valence-corrected chi connectivity index (χ2v) is 5.68. The first-order valence-electron chi connectivity index (χ1n) is 7.20. The van der Waals surface area contributed by atoms with Crippen LogP contribution >= 0.6 is 15.9 Å². The van der Waals surface area contributed by atoms with E-state index in [4.69, 9.17) is 0 Å². The maximum absolute atomic E-state index is 4.56. The van der Waals surface area contributed by atoms with E-state index < -0.39 is 0 Å². The molecule has 0 fully saturated rings. The zero-order valence-electron chi connectivity index (χ0n) is 12.4. The van der Waals surface area contributed by atoms with Crippen LogP contribution in [0.2, 0.25) is 0 Å². The van der Waals surface area contributed by atoms with Gasteiger partial charge in [-0.2, -0.15) is 10.1 Å². The number of halogens is 1. The first-order valence-corrected chi connectivity index (χ1v) is 7.99. The third-order valence-electron chi connectivity index (χ3n) is 2.93. The lowest BCUT2D eigenvalue weighted by atomic mass is 10.3. The van der Waals surface area contributed by atoms with Gasteiger partial charge in [0.1, 0.15) is 0 Å². The summed E-state index contributed by atoms with van der Waals surface area (Å²) in [5.41, 5.74) is 0.974. The van der Waals surface area contributed by atoms with Crippen molar-refractivity contribution < 1.29 is 0 Å². The number of rotatable bonds is 7. The highest BCUT2D eigenvalue weighted by molar-refractivity contribution is 9.10. The average Bonchev–Trinajstić information content (AvgIpc) is 2.50. The van der Waals surface area contributed by atoms with Gasteiger partial charge in [-0.3, -0.25) is 0 Å². The van der Waals surface area contributed by atoms with Gasteiger partial charge < -0.3 is 10.2 Å². The van der Waals surface area contributed by atoms with E-state index in [9.17, 15) is 0 Å². The minimum atomic E-state index is 0.681. The number of anilines is 3. The molecule has 0 unspecified atom stereocenters. The lowest BCUT2D eigenvalue weighted by Gasteiger charge is -2.21. The molecule has 2 aromatic rings. The summed E-state index contributed by atoms with van der Waals surface area (Å²) < 4.78 is 1.05. The van der Waals surface area contributed by atoms with E-state index in [1.807, 2.05) is 24.3 Å². The Morgan fingerprint density at radius 1 is 1.10 bits per heavy atom. The van der Waals surface area contributed by atoms with Crippen LogP contribution in [0.25, 0.3) is 0 Å². The molecule has 6 heteroatoms. The van der Waals surface area contributed by atoms with Gasteiger partial charge in [-0.05, 0) is 37.1 Å². The van der Waals surface area contributed by atoms with Crippen LogP contribution in [0.3, 0.4) is 0 Å². The molecule has 1 heterocycles. The molecule has 2 rings (SSSR count). The fourth-order valence-electron chi connectivity index (χ4n) is 2.02. The molecule has 0 aliphatic carbocycles. The Kier molecular flexibility index (Phi) is 5.92. The molecule has 0 aliphatic heterocycles. The predicted octanol–water partition coefficient (Wildman–Crippen LogP) is 4.00. The zero-order valence-corrected chi connectivity index (χ0v) is 14.0. The van der Waals surface area contributed by atoms with E-state index in [1.165, 1.54) is 0 Å². The van der Waals surface area contributed by atoms with Gasteiger partial charge in [0, 0.05) is 23.2 Å². The normalized spacial score (nSPS) is 10.4. The van der Waals surface area contributed by atoms with E-state index >= 15 is 0 Å². The second-order valence-electron chi connectivity index (χ2n) is 4.76. The van der Waals surface area contributed by atoms with Crippen molar-refractivity contribution in [2.45, 2.75) is 26.7 Å². The minimum absolute atomic E-state index is 0.681. The van der Waals surface area contributed by atoms with E-state index in [0.717, 1.165) is 36.1 Å². The number of nitrogens with one attached hydrogen (secondary N) is 1. The number of hydrogen-bond acceptors (Lipinski definition) is 5. The van der Waals surface area contributed by atoms with Crippen molar-refractivity contribution in [2.75, 3.05) is 23.3 Å². The predicted molar refractivity (Wildman–Crippen MR) is 90.0 cm³/mol. The van der Waals surface area contributed by atoms with Crippen molar-refractivity contribution in [1.82, 2.24) is 15.2 Å². The maximum Gasteiger partial charge on any atom is 0.247 e. The molecule has 0 bridgehead atoms. The van der Waals surface area contributed by atoms with Crippen molar-refractivity contribution in [3.05, 3.63) is 34.9 Å². The van der Waals surface area contributed by atoms with E-state index in [0.29, 0.717) is 11.8 Å². The second kappa shape index (κ2) is 7.93. The topological polar surface area (TPSA) is 53.9 Å². The van der Waals surface area contributed by atoms with Crippen molar-refractivity contribution in [3.63, 3.8) is 0 Å². The molecule has 0 aliphatic rings. The number of hydrogen-bond donors (Lipinski definition) is 1. The summed E-state index contributed by atoms with van der Waals surface area (Å²) in [5, 5.41) is 11.5. The monoisotopic (exact) mass is 349 g/mol. The molecule has 0 amide bonds. The van der Waals surface area contributed by atoms with Crippen LogP contribution in [0, 0.1) is 0 Å². The van der Waals surface area contributed by atoms with Crippen LogP contribution in [0.4, 0.5) is 17.5 Å². The molecule has 0 radical (unpaired) electrons. The average molecular weight is 350 g/mol. The van der Waals surface area contributed by atoms with Crippen LogP contribution in [0.15, 0.2) is 34.9 Å². The Hall–Kier alpha value is -1.69. The summed E-state index contributed by atoms with van der Waals surface area (Å²) in [7, 11) is 0. The summed E-state index contributed by atoms with van der Waals surface area (Å²) >= 11 is 3.42. The summed E-state index contributed by atoms with van der Waals surface area (Å²) in [6, 6.07) is 7.94. The summed E-state index contributed by atoms with van der Waals surface area (Å²) in [6.45, 7) is 6.19. The van der Waals surface area contributed by atoms with Gasteiger partial charge >= 0.3 is 0 Å². The van der Waals surface area contributed by atoms with E-state index in [1.54, 1.807) is 6.20 Å². The Balaban J connectivity index is 2.14. The molecule has 0 saturated heterocycles. The van der Waals surface area contributed by atoms with Gasteiger partial charge in [0.25, 0.3) is 0 Å². The minimum Gasteiger partial charge on any atom is -0.339 e. The Morgan fingerprint density at radius 3 is 2.38 bits per heavy atom. The fraction of sp³-hybridized carbons (Fsp3) is 0.400. The molecular formula is C15H20BrN5. The number of benzene rings is 1. The first-order chi connectivity index (χ1) is 10.2. The Bertz CT molecular complexity index is 552. The lowest BCUT2D eigenvalue weighted by Crippen LogP contribution is -2.27. The summed E-state index contributed by atoms with van der Waals surface area (Å²) in [6.07, 6.45) is 3.77. The van der Waals surface area contributed by atoms with Crippen LogP contribution in [0.1, 0.15) is 26.7 Å². The molecule has 1 aromatic carbocycles. The standard InChI is InChI=1S/C15H20BrN5/c1-3-9-21(10-4-2)15-19-14(11-17-20-15)18-13-7-5-12(16)6-8-13/h5-8,11H,3-4,9-10H2,1-2H3,(H,18,19,20).